The van der Waals surface area contributed by atoms with E-state index >= 15 is 0 Å². The Morgan fingerprint density at radius 1 is 1.10 bits per heavy atom. The molecular weight excluding hydrogens is 412 g/mol. The van der Waals surface area contributed by atoms with Gasteiger partial charge in [-0.25, -0.2) is 8.42 Å². The van der Waals surface area contributed by atoms with E-state index in [9.17, 15) is 13.2 Å². The molecule has 3 rings (SSSR count). The molecule has 1 heterocycles. The van der Waals surface area contributed by atoms with Gasteiger partial charge in [0.05, 0.1) is 23.1 Å². The predicted octanol–water partition coefficient (Wildman–Crippen LogP) is 3.63. The molecule has 1 fully saturated rings. The first-order chi connectivity index (χ1) is 13.7. The van der Waals surface area contributed by atoms with E-state index < -0.39 is 10.0 Å². The maximum absolute atomic E-state index is 12.9. The first-order valence-electron chi connectivity index (χ1n) is 9.49. The summed E-state index contributed by atoms with van der Waals surface area (Å²) in [5.41, 5.74) is 1.20. The minimum absolute atomic E-state index is 0.162. The fourth-order valence-corrected chi connectivity index (χ4v) is 5.33. The third-order valence-corrected chi connectivity index (χ3v) is 7.05. The van der Waals surface area contributed by atoms with Gasteiger partial charge in [0.2, 0.25) is 10.0 Å². The molecule has 8 heteroatoms. The van der Waals surface area contributed by atoms with Crippen LogP contribution >= 0.6 is 11.6 Å². The van der Waals surface area contributed by atoms with Crippen LogP contribution < -0.4 is 5.32 Å². The molecule has 3 unspecified atom stereocenters. The number of ether oxygens (including phenoxy) is 1. The fraction of sp³-hybridized carbons (Fsp3) is 0.381. The first kappa shape index (κ1) is 21.8. The summed E-state index contributed by atoms with van der Waals surface area (Å²) in [7, 11) is -3.64. The van der Waals surface area contributed by atoms with Crippen LogP contribution in [-0.2, 0) is 14.8 Å². The van der Waals surface area contributed by atoms with Crippen LogP contribution in [0.3, 0.4) is 0 Å². The van der Waals surface area contributed by atoms with E-state index in [4.69, 9.17) is 16.3 Å². The Morgan fingerprint density at radius 3 is 2.28 bits per heavy atom. The average molecular weight is 437 g/mol. The minimum Gasteiger partial charge on any atom is -0.373 e. The number of carbonyl (C=O) groups excluding carboxylic acids is 1. The van der Waals surface area contributed by atoms with Gasteiger partial charge >= 0.3 is 0 Å². The molecule has 0 saturated carbocycles. The van der Waals surface area contributed by atoms with Gasteiger partial charge in [0.15, 0.2) is 0 Å². The van der Waals surface area contributed by atoms with Crippen LogP contribution in [-0.4, -0.2) is 43.9 Å². The van der Waals surface area contributed by atoms with Crippen molar-refractivity contribution in [3.8, 4) is 0 Å². The van der Waals surface area contributed by atoms with E-state index in [2.05, 4.69) is 5.32 Å². The van der Waals surface area contributed by atoms with Crippen LogP contribution in [0.25, 0.3) is 0 Å². The topological polar surface area (TPSA) is 75.7 Å². The summed E-state index contributed by atoms with van der Waals surface area (Å²) in [5, 5.41) is 3.47. The predicted molar refractivity (Wildman–Crippen MR) is 113 cm³/mol. The van der Waals surface area contributed by atoms with Crippen LogP contribution in [0, 0.1) is 0 Å². The van der Waals surface area contributed by atoms with E-state index in [0.717, 1.165) is 5.56 Å². The molecule has 0 aliphatic carbocycles. The summed E-state index contributed by atoms with van der Waals surface area (Å²) in [4.78, 5) is 12.7. The Morgan fingerprint density at radius 2 is 1.69 bits per heavy atom. The molecule has 1 N–H and O–H groups in total. The molecule has 1 saturated heterocycles. The largest absolute Gasteiger partial charge is 0.373 e. The Hall–Kier alpha value is -1.93. The number of hydrogen-bond acceptors (Lipinski definition) is 4. The van der Waals surface area contributed by atoms with Gasteiger partial charge in [0, 0.05) is 23.7 Å². The highest BCUT2D eigenvalue weighted by Crippen LogP contribution is 2.24. The average Bonchev–Trinajstić information content (AvgIpc) is 2.67. The van der Waals surface area contributed by atoms with Gasteiger partial charge in [-0.2, -0.15) is 4.31 Å². The number of carbonyl (C=O) groups is 1. The third kappa shape index (κ3) is 4.98. The van der Waals surface area contributed by atoms with E-state index in [0.29, 0.717) is 23.7 Å². The second-order valence-corrected chi connectivity index (χ2v) is 9.67. The quantitative estimate of drug-likeness (QED) is 0.776. The van der Waals surface area contributed by atoms with Crippen LogP contribution in [0.5, 0.6) is 0 Å². The Bertz CT molecular complexity index is 968. The molecule has 0 aromatic heterocycles. The van der Waals surface area contributed by atoms with Crippen molar-refractivity contribution in [3.63, 3.8) is 0 Å². The van der Waals surface area contributed by atoms with Crippen molar-refractivity contribution in [1.82, 2.24) is 9.62 Å². The number of benzene rings is 2. The third-order valence-electron chi connectivity index (χ3n) is 4.86. The van der Waals surface area contributed by atoms with Crippen LogP contribution in [0.2, 0.25) is 5.02 Å². The summed E-state index contributed by atoms with van der Waals surface area (Å²) in [6.07, 6.45) is -0.324. The summed E-state index contributed by atoms with van der Waals surface area (Å²) in [6, 6.07) is 13.0. The van der Waals surface area contributed by atoms with Crippen molar-refractivity contribution >= 4 is 27.5 Å². The maximum Gasteiger partial charge on any atom is 0.251 e. The second kappa shape index (κ2) is 8.83. The molecule has 0 spiro atoms. The van der Waals surface area contributed by atoms with Gasteiger partial charge in [0.25, 0.3) is 5.91 Å². The van der Waals surface area contributed by atoms with Crippen LogP contribution in [0.1, 0.15) is 42.7 Å². The zero-order chi connectivity index (χ0) is 21.2. The van der Waals surface area contributed by atoms with E-state index in [-0.39, 0.29) is 29.1 Å². The van der Waals surface area contributed by atoms with E-state index in [1.54, 1.807) is 6.07 Å². The number of morpholine rings is 1. The number of nitrogens with zero attached hydrogens (tertiary/aromatic N) is 1. The lowest BCUT2D eigenvalue weighted by atomic mass is 10.1. The molecule has 2 aromatic rings. The second-order valence-electron chi connectivity index (χ2n) is 7.32. The van der Waals surface area contributed by atoms with Crippen LogP contribution in [0.15, 0.2) is 53.4 Å². The van der Waals surface area contributed by atoms with Gasteiger partial charge in [-0.3, -0.25) is 4.79 Å². The molecule has 0 radical (unpaired) electrons. The highest BCUT2D eigenvalue weighted by atomic mass is 35.5. The lowest BCUT2D eigenvalue weighted by molar-refractivity contribution is -0.0440. The van der Waals surface area contributed by atoms with E-state index in [1.165, 1.54) is 28.6 Å². The molecule has 3 atom stereocenters. The number of nitrogens with one attached hydrogen (secondary N) is 1. The number of hydrogen-bond donors (Lipinski definition) is 1. The highest BCUT2D eigenvalue weighted by molar-refractivity contribution is 7.89. The molecule has 1 aliphatic heterocycles. The number of sulfonamides is 1. The zero-order valence-corrected chi connectivity index (χ0v) is 18.2. The fourth-order valence-electron chi connectivity index (χ4n) is 3.44. The number of amides is 1. The standard InChI is InChI=1S/C21H25ClN2O4S/c1-14-12-24(13-15(2)28-14)29(26,27)18-10-8-17(9-11-18)21(25)23-16(3)19-6-4-5-7-20(19)22/h4-11,14-16H,12-13H2,1-3H3,(H,23,25). The molecule has 6 nitrogen and oxygen atoms in total. The minimum atomic E-state index is -3.64. The Kier molecular flexibility index (Phi) is 6.63. The lowest BCUT2D eigenvalue weighted by Gasteiger charge is -2.34. The van der Waals surface area contributed by atoms with Gasteiger partial charge in [-0.1, -0.05) is 29.8 Å². The lowest BCUT2D eigenvalue weighted by Crippen LogP contribution is -2.48. The Balaban J connectivity index is 1.72. The van der Waals surface area contributed by atoms with Crippen molar-refractivity contribution in [2.45, 2.75) is 43.9 Å². The molecular formula is C21H25ClN2O4S. The Labute approximate surface area is 176 Å². The molecule has 29 heavy (non-hydrogen) atoms. The number of rotatable bonds is 5. The summed E-state index contributed by atoms with van der Waals surface area (Å²) in [5.74, 6) is -0.296. The van der Waals surface area contributed by atoms with Crippen molar-refractivity contribution in [1.29, 1.82) is 0 Å². The normalized spacial score (nSPS) is 21.5. The van der Waals surface area contributed by atoms with Crippen molar-refractivity contribution < 1.29 is 17.9 Å². The summed E-state index contributed by atoms with van der Waals surface area (Å²) in [6.45, 7) is 6.17. The van der Waals surface area contributed by atoms with Crippen molar-refractivity contribution in [3.05, 3.63) is 64.7 Å². The van der Waals surface area contributed by atoms with Crippen molar-refractivity contribution in [2.24, 2.45) is 0 Å². The summed E-state index contributed by atoms with van der Waals surface area (Å²) >= 11 is 6.18. The molecule has 0 bridgehead atoms. The first-order valence-corrected chi connectivity index (χ1v) is 11.3. The molecule has 1 aliphatic rings. The van der Waals surface area contributed by atoms with Gasteiger partial charge < -0.3 is 10.1 Å². The monoisotopic (exact) mass is 436 g/mol. The maximum atomic E-state index is 12.9. The number of halogens is 1. The van der Waals surface area contributed by atoms with Crippen molar-refractivity contribution in [2.75, 3.05) is 13.1 Å². The van der Waals surface area contributed by atoms with E-state index in [1.807, 2.05) is 39.0 Å². The molecule has 2 aromatic carbocycles. The van der Waals surface area contributed by atoms with Gasteiger partial charge in [-0.15, -0.1) is 0 Å². The van der Waals surface area contributed by atoms with Gasteiger partial charge in [0.1, 0.15) is 0 Å². The molecule has 1 amide bonds. The SMILES string of the molecule is CC1CN(S(=O)(=O)c2ccc(C(=O)NC(C)c3ccccc3Cl)cc2)CC(C)O1. The molecule has 156 valence electrons. The highest BCUT2D eigenvalue weighted by Gasteiger charge is 2.32. The van der Waals surface area contributed by atoms with Crippen LogP contribution in [0.4, 0.5) is 0 Å². The van der Waals surface area contributed by atoms with Gasteiger partial charge in [-0.05, 0) is 56.7 Å². The smallest absolute Gasteiger partial charge is 0.251 e. The zero-order valence-electron chi connectivity index (χ0n) is 16.6. The summed E-state index contributed by atoms with van der Waals surface area (Å²) < 4.78 is 32.9.